The number of hydrazine groups is 1. The van der Waals surface area contributed by atoms with Gasteiger partial charge in [0.15, 0.2) is 0 Å². The zero-order chi connectivity index (χ0) is 18.5. The summed E-state index contributed by atoms with van der Waals surface area (Å²) in [6, 6.07) is 7.12. The number of rotatable bonds is 5. The molecule has 1 aromatic carbocycles. The Bertz CT molecular complexity index is 828. The number of nitrogens with one attached hydrogen (secondary N) is 3. The van der Waals surface area contributed by atoms with E-state index in [1.807, 2.05) is 26.0 Å². The number of H-pyrrole nitrogens is 1. The first-order chi connectivity index (χ1) is 12.6. The Morgan fingerprint density at radius 1 is 1.38 bits per heavy atom. The van der Waals surface area contributed by atoms with Gasteiger partial charge >= 0.3 is 0 Å². The van der Waals surface area contributed by atoms with E-state index >= 15 is 0 Å². The minimum Gasteiger partial charge on any atom is -0.493 e. The Morgan fingerprint density at radius 3 is 2.96 bits per heavy atom. The van der Waals surface area contributed by atoms with Gasteiger partial charge in [-0.25, -0.2) is 0 Å². The van der Waals surface area contributed by atoms with Crippen molar-refractivity contribution in [1.82, 2.24) is 15.8 Å². The van der Waals surface area contributed by atoms with Crippen LogP contribution in [0.1, 0.15) is 35.5 Å². The van der Waals surface area contributed by atoms with E-state index in [0.29, 0.717) is 18.1 Å². The first kappa shape index (κ1) is 17.6. The highest BCUT2D eigenvalue weighted by Crippen LogP contribution is 2.35. The van der Waals surface area contributed by atoms with E-state index in [0.717, 1.165) is 23.3 Å². The molecule has 0 bridgehead atoms. The quantitative estimate of drug-likeness (QED) is 0.566. The first-order valence-corrected chi connectivity index (χ1v) is 8.45. The number of aromatic nitrogens is 1. The molecule has 136 valence electrons. The van der Waals surface area contributed by atoms with Gasteiger partial charge in [0, 0.05) is 29.8 Å². The Morgan fingerprint density at radius 2 is 2.23 bits per heavy atom. The van der Waals surface area contributed by atoms with Crippen molar-refractivity contribution in [3.63, 3.8) is 0 Å². The Labute approximate surface area is 151 Å². The van der Waals surface area contributed by atoms with Gasteiger partial charge in [0.25, 0.3) is 11.8 Å². The second-order valence-electron chi connectivity index (χ2n) is 5.92. The van der Waals surface area contributed by atoms with Crippen molar-refractivity contribution in [2.75, 3.05) is 6.61 Å². The van der Waals surface area contributed by atoms with E-state index in [2.05, 4.69) is 15.8 Å². The molecule has 26 heavy (non-hydrogen) atoms. The fourth-order valence-electron chi connectivity index (χ4n) is 2.73. The highest BCUT2D eigenvalue weighted by Gasteiger charge is 2.21. The molecule has 0 saturated heterocycles. The maximum atomic E-state index is 12.0. The van der Waals surface area contributed by atoms with E-state index in [1.165, 1.54) is 6.08 Å². The molecule has 7 nitrogen and oxygen atoms in total. The number of ether oxygens (including phenoxy) is 2. The fourth-order valence-corrected chi connectivity index (χ4v) is 2.73. The summed E-state index contributed by atoms with van der Waals surface area (Å²) >= 11 is 0. The molecule has 3 rings (SSSR count). The molecule has 3 N–H and O–H groups in total. The van der Waals surface area contributed by atoms with Gasteiger partial charge in [-0.3, -0.25) is 20.4 Å². The molecule has 7 heteroatoms. The minimum atomic E-state index is -0.456. The van der Waals surface area contributed by atoms with Gasteiger partial charge in [-0.15, -0.1) is 0 Å². The molecule has 1 aromatic heterocycles. The first-order valence-electron chi connectivity index (χ1n) is 8.45. The van der Waals surface area contributed by atoms with Gasteiger partial charge < -0.3 is 14.5 Å². The summed E-state index contributed by atoms with van der Waals surface area (Å²) in [5.74, 6) is 0.623. The Hall–Kier alpha value is -3.22. The van der Waals surface area contributed by atoms with Crippen molar-refractivity contribution in [2.24, 2.45) is 0 Å². The number of carbonyl (C=O) groups is 2. The maximum absolute atomic E-state index is 12.0. The van der Waals surface area contributed by atoms with E-state index in [4.69, 9.17) is 9.47 Å². The second-order valence-corrected chi connectivity index (χ2v) is 5.92. The number of aromatic amines is 1. The number of carbonyl (C=O) groups excluding carboxylic acids is 2. The topological polar surface area (TPSA) is 92.5 Å². The zero-order valence-corrected chi connectivity index (χ0v) is 14.7. The number of hydrogen-bond acceptors (Lipinski definition) is 4. The largest absolute Gasteiger partial charge is 0.493 e. The van der Waals surface area contributed by atoms with Crippen LogP contribution >= 0.6 is 0 Å². The van der Waals surface area contributed by atoms with Crippen LogP contribution in [-0.4, -0.2) is 29.5 Å². The van der Waals surface area contributed by atoms with E-state index in [1.54, 1.807) is 24.4 Å². The smallest absolute Gasteiger partial charge is 0.286 e. The van der Waals surface area contributed by atoms with Crippen molar-refractivity contribution in [2.45, 2.75) is 26.4 Å². The molecule has 0 saturated carbocycles. The molecular weight excluding hydrogens is 334 g/mol. The van der Waals surface area contributed by atoms with Gasteiger partial charge in [-0.05, 0) is 44.2 Å². The van der Waals surface area contributed by atoms with Crippen LogP contribution in [0.4, 0.5) is 0 Å². The van der Waals surface area contributed by atoms with Crippen molar-refractivity contribution in [3.8, 4) is 11.5 Å². The standard InChI is InChI=1S/C19H21N3O4/c1-3-25-16-11-14-9-12(2)26-17(14)10-13(16)6-7-18(23)21-22-19(24)15-5-4-8-20-15/h4-8,10-12,20H,3,9H2,1-2H3,(H,21,23)(H,22,24)/b7-6+. The van der Waals surface area contributed by atoms with Crippen LogP contribution < -0.4 is 20.3 Å². The summed E-state index contributed by atoms with van der Waals surface area (Å²) in [4.78, 5) is 26.5. The predicted molar refractivity (Wildman–Crippen MR) is 96.8 cm³/mol. The maximum Gasteiger partial charge on any atom is 0.286 e. The van der Waals surface area contributed by atoms with Gasteiger partial charge in [0.2, 0.25) is 0 Å². The van der Waals surface area contributed by atoms with Crippen LogP contribution in [0.3, 0.4) is 0 Å². The van der Waals surface area contributed by atoms with Gasteiger partial charge in [0.1, 0.15) is 23.3 Å². The van der Waals surface area contributed by atoms with Crippen LogP contribution in [0.2, 0.25) is 0 Å². The van der Waals surface area contributed by atoms with Crippen molar-refractivity contribution in [3.05, 3.63) is 53.4 Å². The number of benzene rings is 1. The summed E-state index contributed by atoms with van der Waals surface area (Å²) in [6.07, 6.45) is 5.56. The van der Waals surface area contributed by atoms with E-state index in [-0.39, 0.29) is 6.10 Å². The molecule has 1 aliphatic rings. The third-order valence-corrected chi connectivity index (χ3v) is 3.88. The molecule has 2 heterocycles. The average molecular weight is 355 g/mol. The van der Waals surface area contributed by atoms with Crippen LogP contribution in [0.5, 0.6) is 11.5 Å². The molecule has 1 unspecified atom stereocenters. The lowest BCUT2D eigenvalue weighted by Crippen LogP contribution is -2.40. The lowest BCUT2D eigenvalue weighted by atomic mass is 10.1. The predicted octanol–water partition coefficient (Wildman–Crippen LogP) is 2.21. The molecular formula is C19H21N3O4. The van der Waals surface area contributed by atoms with Gasteiger partial charge in [-0.2, -0.15) is 0 Å². The highest BCUT2D eigenvalue weighted by molar-refractivity contribution is 5.97. The minimum absolute atomic E-state index is 0.130. The summed E-state index contributed by atoms with van der Waals surface area (Å²) in [5, 5.41) is 0. The molecule has 0 fully saturated rings. The molecule has 2 amide bonds. The summed E-state index contributed by atoms with van der Waals surface area (Å²) in [7, 11) is 0. The highest BCUT2D eigenvalue weighted by atomic mass is 16.5. The van der Waals surface area contributed by atoms with Crippen molar-refractivity contribution in [1.29, 1.82) is 0 Å². The lowest BCUT2D eigenvalue weighted by molar-refractivity contribution is -0.117. The van der Waals surface area contributed by atoms with Crippen molar-refractivity contribution >= 4 is 17.9 Å². The van der Waals surface area contributed by atoms with E-state index in [9.17, 15) is 9.59 Å². The number of fused-ring (bicyclic) bond motifs is 1. The van der Waals surface area contributed by atoms with Gasteiger partial charge in [0.05, 0.1) is 6.61 Å². The summed E-state index contributed by atoms with van der Waals surface area (Å²) < 4.78 is 11.4. The molecule has 2 aromatic rings. The molecule has 1 atom stereocenters. The number of amides is 2. The number of hydrogen-bond donors (Lipinski definition) is 3. The zero-order valence-electron chi connectivity index (χ0n) is 14.7. The molecule has 0 spiro atoms. The summed E-state index contributed by atoms with van der Waals surface area (Å²) in [6.45, 7) is 4.44. The van der Waals surface area contributed by atoms with Crippen LogP contribution in [0.15, 0.2) is 36.5 Å². The van der Waals surface area contributed by atoms with Gasteiger partial charge in [-0.1, -0.05) is 0 Å². The third kappa shape index (κ3) is 4.05. The molecule has 0 radical (unpaired) electrons. The normalized spacial score (nSPS) is 15.4. The second kappa shape index (κ2) is 7.77. The Balaban J connectivity index is 1.66. The fraction of sp³-hybridized carbons (Fsp3) is 0.263. The summed E-state index contributed by atoms with van der Waals surface area (Å²) in [5.41, 5.74) is 6.86. The SMILES string of the molecule is CCOc1cc2c(cc1/C=C/C(=O)NNC(=O)c1ccc[nH]1)OC(C)C2. The third-order valence-electron chi connectivity index (χ3n) is 3.88. The molecule has 1 aliphatic heterocycles. The van der Waals surface area contributed by atoms with Crippen LogP contribution in [0.25, 0.3) is 6.08 Å². The van der Waals surface area contributed by atoms with Crippen LogP contribution in [0, 0.1) is 0 Å². The van der Waals surface area contributed by atoms with Crippen LogP contribution in [-0.2, 0) is 11.2 Å². The lowest BCUT2D eigenvalue weighted by Gasteiger charge is -2.10. The van der Waals surface area contributed by atoms with E-state index < -0.39 is 11.8 Å². The Kier molecular flexibility index (Phi) is 5.26. The average Bonchev–Trinajstić information content (AvgIpc) is 3.26. The molecule has 0 aliphatic carbocycles. The monoisotopic (exact) mass is 355 g/mol. The van der Waals surface area contributed by atoms with Crippen molar-refractivity contribution < 1.29 is 19.1 Å².